The molecule has 2 rings (SSSR count). The molecule has 0 saturated carbocycles. The number of aliphatic imine (C=N–C) groups is 1. The van der Waals surface area contributed by atoms with Gasteiger partial charge in [0.25, 0.3) is 0 Å². The second kappa shape index (κ2) is 12.2. The molecule has 0 aromatic heterocycles. The van der Waals surface area contributed by atoms with Crippen LogP contribution in [0.1, 0.15) is 26.3 Å². The van der Waals surface area contributed by atoms with Crippen LogP contribution in [0.15, 0.2) is 34.2 Å². The number of morpholine rings is 1. The molecule has 30 heavy (non-hydrogen) atoms. The third kappa shape index (κ3) is 7.33. The zero-order chi connectivity index (χ0) is 21.5. The fourth-order valence-electron chi connectivity index (χ4n) is 3.17. The maximum absolute atomic E-state index is 12.6. The molecule has 10 heteroatoms. The number of hydrogen-bond donors (Lipinski definition) is 2. The van der Waals surface area contributed by atoms with E-state index in [9.17, 15) is 8.42 Å². The molecule has 1 heterocycles. The molecule has 8 nitrogen and oxygen atoms in total. The molecule has 1 aromatic carbocycles. The van der Waals surface area contributed by atoms with Gasteiger partial charge in [-0.1, -0.05) is 18.2 Å². The van der Waals surface area contributed by atoms with E-state index in [1.165, 1.54) is 18.4 Å². The van der Waals surface area contributed by atoms with Crippen molar-refractivity contribution < 1.29 is 13.2 Å². The Balaban J connectivity index is 0.00000450. The minimum Gasteiger partial charge on any atom is -0.379 e. The summed E-state index contributed by atoms with van der Waals surface area (Å²) in [5.74, 6) is 0.672. The van der Waals surface area contributed by atoms with Crippen molar-refractivity contribution in [3.63, 3.8) is 0 Å². The summed E-state index contributed by atoms with van der Waals surface area (Å²) >= 11 is 0. The molecule has 1 aliphatic rings. The van der Waals surface area contributed by atoms with Gasteiger partial charge in [0.05, 0.1) is 24.7 Å². The lowest BCUT2D eigenvalue weighted by molar-refractivity contribution is -0.00834. The lowest BCUT2D eigenvalue weighted by atomic mass is 10.0. The van der Waals surface area contributed by atoms with Crippen molar-refractivity contribution in [3.8, 4) is 0 Å². The number of sulfonamides is 1. The van der Waals surface area contributed by atoms with E-state index in [1.807, 2.05) is 13.0 Å². The molecule has 2 N–H and O–H groups in total. The molecule has 0 amide bonds. The topological polar surface area (TPSA) is 86.3 Å². The minimum atomic E-state index is -3.51. The maximum atomic E-state index is 12.6. The van der Waals surface area contributed by atoms with Crippen molar-refractivity contribution in [1.82, 2.24) is 19.8 Å². The first-order valence-electron chi connectivity index (χ1n) is 10.0. The highest BCUT2D eigenvalue weighted by Gasteiger charge is 2.28. The van der Waals surface area contributed by atoms with E-state index >= 15 is 0 Å². The third-order valence-electron chi connectivity index (χ3n) is 5.04. The molecular formula is C20H36IN5O3S. The second-order valence-electron chi connectivity index (χ2n) is 7.86. The van der Waals surface area contributed by atoms with Gasteiger partial charge in [-0.2, -0.15) is 0 Å². The zero-order valence-corrected chi connectivity index (χ0v) is 21.8. The molecule has 1 fully saturated rings. The summed E-state index contributed by atoms with van der Waals surface area (Å²) in [6.07, 6.45) is 0. The highest BCUT2D eigenvalue weighted by Crippen LogP contribution is 2.19. The van der Waals surface area contributed by atoms with E-state index in [4.69, 9.17) is 4.74 Å². The van der Waals surface area contributed by atoms with Crippen LogP contribution >= 0.6 is 24.0 Å². The highest BCUT2D eigenvalue weighted by molar-refractivity contribution is 14.0. The number of ether oxygens (including phenoxy) is 1. The van der Waals surface area contributed by atoms with Crippen LogP contribution in [0.5, 0.6) is 0 Å². The molecule has 0 unspecified atom stereocenters. The Bertz CT molecular complexity index is 793. The SMILES string of the molecule is CCNC(=NCc1ccccc1S(=O)(=O)N(C)C)NCC(C)(C)N1CCOCC1.I. The lowest BCUT2D eigenvalue weighted by Gasteiger charge is -2.41. The monoisotopic (exact) mass is 553 g/mol. The van der Waals surface area contributed by atoms with Gasteiger partial charge < -0.3 is 15.4 Å². The largest absolute Gasteiger partial charge is 0.379 e. The van der Waals surface area contributed by atoms with Crippen LogP contribution in [0.3, 0.4) is 0 Å². The predicted octanol–water partition coefficient (Wildman–Crippen LogP) is 1.72. The van der Waals surface area contributed by atoms with Gasteiger partial charge in [-0.15, -0.1) is 24.0 Å². The van der Waals surface area contributed by atoms with Gasteiger partial charge in [0.2, 0.25) is 10.0 Å². The summed E-state index contributed by atoms with van der Waals surface area (Å²) in [7, 11) is -0.440. The lowest BCUT2D eigenvalue weighted by Crippen LogP contribution is -2.56. The van der Waals surface area contributed by atoms with Crippen LogP contribution in [0.2, 0.25) is 0 Å². The number of halogens is 1. The number of hydrogen-bond acceptors (Lipinski definition) is 5. The Labute approximate surface area is 198 Å². The first-order valence-corrected chi connectivity index (χ1v) is 11.5. The summed E-state index contributed by atoms with van der Waals surface area (Å²) in [4.78, 5) is 7.33. The Morgan fingerprint density at radius 3 is 2.43 bits per heavy atom. The molecule has 0 atom stereocenters. The van der Waals surface area contributed by atoms with Crippen LogP contribution in [0.4, 0.5) is 0 Å². The first kappa shape index (κ1) is 27.1. The zero-order valence-electron chi connectivity index (χ0n) is 18.6. The van der Waals surface area contributed by atoms with Gasteiger partial charge >= 0.3 is 0 Å². The van der Waals surface area contributed by atoms with E-state index in [1.54, 1.807) is 18.2 Å². The van der Waals surface area contributed by atoms with E-state index in [0.717, 1.165) is 39.4 Å². The number of nitrogens with one attached hydrogen (secondary N) is 2. The average molecular weight is 554 g/mol. The third-order valence-corrected chi connectivity index (χ3v) is 6.95. The summed E-state index contributed by atoms with van der Waals surface area (Å²) in [5, 5.41) is 6.65. The van der Waals surface area contributed by atoms with Gasteiger partial charge in [-0.3, -0.25) is 4.90 Å². The van der Waals surface area contributed by atoms with Crippen molar-refractivity contribution in [2.45, 2.75) is 37.8 Å². The molecule has 0 radical (unpaired) electrons. The fraction of sp³-hybridized carbons (Fsp3) is 0.650. The number of rotatable bonds is 8. The molecule has 0 bridgehead atoms. The fourth-order valence-corrected chi connectivity index (χ4v) is 4.28. The predicted molar refractivity (Wildman–Crippen MR) is 132 cm³/mol. The first-order chi connectivity index (χ1) is 13.7. The molecule has 1 aliphatic heterocycles. The van der Waals surface area contributed by atoms with Crippen molar-refractivity contribution in [1.29, 1.82) is 0 Å². The molecule has 0 spiro atoms. The summed E-state index contributed by atoms with van der Waals surface area (Å²) in [6.45, 7) is 11.5. The molecule has 1 saturated heterocycles. The maximum Gasteiger partial charge on any atom is 0.242 e. The second-order valence-corrected chi connectivity index (χ2v) is 9.98. The van der Waals surface area contributed by atoms with Crippen molar-refractivity contribution in [2.24, 2.45) is 4.99 Å². The molecule has 0 aliphatic carbocycles. The summed E-state index contributed by atoms with van der Waals surface area (Å²) in [5.41, 5.74) is 0.623. The normalized spacial score (nSPS) is 16.3. The quantitative estimate of drug-likeness (QED) is 0.290. The van der Waals surface area contributed by atoms with Crippen molar-refractivity contribution >= 4 is 40.0 Å². The summed E-state index contributed by atoms with van der Waals surface area (Å²) in [6, 6.07) is 7.00. The Hall–Kier alpha value is -0.950. The van der Waals surface area contributed by atoms with E-state index in [-0.39, 0.29) is 36.1 Å². The van der Waals surface area contributed by atoms with Crippen LogP contribution in [0, 0.1) is 0 Å². The van der Waals surface area contributed by atoms with Crippen molar-refractivity contribution in [2.75, 3.05) is 53.5 Å². The highest BCUT2D eigenvalue weighted by atomic mass is 127. The Kier molecular flexibility index (Phi) is 11.0. The smallest absolute Gasteiger partial charge is 0.242 e. The average Bonchev–Trinajstić information content (AvgIpc) is 2.71. The molecule has 1 aromatic rings. The number of nitrogens with zero attached hydrogens (tertiary/aromatic N) is 3. The molecular weight excluding hydrogens is 517 g/mol. The van der Waals surface area contributed by atoms with Gasteiger partial charge in [0.15, 0.2) is 5.96 Å². The minimum absolute atomic E-state index is 0. The van der Waals surface area contributed by atoms with E-state index in [0.29, 0.717) is 16.4 Å². The van der Waals surface area contributed by atoms with Gasteiger partial charge in [0.1, 0.15) is 0 Å². The molecule has 172 valence electrons. The van der Waals surface area contributed by atoms with Crippen molar-refractivity contribution in [3.05, 3.63) is 29.8 Å². The van der Waals surface area contributed by atoms with Gasteiger partial charge in [0, 0.05) is 45.8 Å². The van der Waals surface area contributed by atoms with E-state index < -0.39 is 10.0 Å². The number of guanidine groups is 1. The van der Waals surface area contributed by atoms with Crippen LogP contribution in [-0.4, -0.2) is 82.6 Å². The van der Waals surface area contributed by atoms with Gasteiger partial charge in [-0.25, -0.2) is 17.7 Å². The summed E-state index contributed by atoms with van der Waals surface area (Å²) < 4.78 is 31.8. The number of benzene rings is 1. The van der Waals surface area contributed by atoms with Crippen LogP contribution < -0.4 is 10.6 Å². The Morgan fingerprint density at radius 2 is 1.83 bits per heavy atom. The van der Waals surface area contributed by atoms with Crippen LogP contribution in [-0.2, 0) is 21.3 Å². The van der Waals surface area contributed by atoms with Gasteiger partial charge in [-0.05, 0) is 32.4 Å². The van der Waals surface area contributed by atoms with Crippen LogP contribution in [0.25, 0.3) is 0 Å². The Morgan fingerprint density at radius 1 is 1.20 bits per heavy atom. The van der Waals surface area contributed by atoms with E-state index in [2.05, 4.69) is 34.4 Å². The standard InChI is InChI=1S/C20H35N5O3S.HI/c1-6-21-19(23-16-20(2,3)25-11-13-28-14-12-25)22-15-17-9-7-8-10-18(17)29(26,27)24(4)5;/h7-10H,6,11-16H2,1-5H3,(H2,21,22,23);1H.